The van der Waals surface area contributed by atoms with Gasteiger partial charge in [-0.15, -0.1) is 0 Å². The van der Waals surface area contributed by atoms with Gasteiger partial charge in [0.2, 0.25) is 0 Å². The molecule has 0 amide bonds. The van der Waals surface area contributed by atoms with E-state index in [1.54, 1.807) is 13.0 Å². The molecule has 3 rings (SSSR count). The first-order valence-electron chi connectivity index (χ1n) is 9.92. The van der Waals surface area contributed by atoms with Crippen LogP contribution in [0.4, 0.5) is 13.2 Å². The average Bonchev–Trinajstić information content (AvgIpc) is 2.63. The normalized spacial score (nSPS) is 29.2. The van der Waals surface area contributed by atoms with E-state index in [1.165, 1.54) is 18.9 Å². The Morgan fingerprint density at radius 2 is 1.77 bits per heavy atom. The number of hydrogen-bond acceptors (Lipinski definition) is 1. The highest BCUT2D eigenvalue weighted by Gasteiger charge is 2.31. The minimum atomic E-state index is -2.86. The molecule has 0 N–H and O–H groups in total. The van der Waals surface area contributed by atoms with Crippen LogP contribution in [0, 0.1) is 23.6 Å². The van der Waals surface area contributed by atoms with Crippen molar-refractivity contribution in [2.45, 2.75) is 64.7 Å². The average molecular weight is 366 g/mol. The predicted octanol–water partition coefficient (Wildman–Crippen LogP) is 7.04. The van der Waals surface area contributed by atoms with Crippen LogP contribution in [0.15, 0.2) is 24.3 Å². The van der Waals surface area contributed by atoms with Crippen LogP contribution in [0.25, 0.3) is 0 Å². The van der Waals surface area contributed by atoms with Gasteiger partial charge in [0.25, 0.3) is 6.43 Å². The van der Waals surface area contributed by atoms with Crippen LogP contribution in [-0.4, -0.2) is 6.61 Å². The Balaban J connectivity index is 1.71. The first-order valence-corrected chi connectivity index (χ1v) is 9.92. The molecule has 0 aliphatic heterocycles. The number of allylic oxidation sites excluding steroid dienone is 2. The van der Waals surface area contributed by atoms with E-state index in [2.05, 4.69) is 19.1 Å². The van der Waals surface area contributed by atoms with Crippen LogP contribution in [0.1, 0.15) is 75.8 Å². The van der Waals surface area contributed by atoms with Gasteiger partial charge in [0.15, 0.2) is 0 Å². The van der Waals surface area contributed by atoms with Crippen molar-refractivity contribution >= 4 is 0 Å². The van der Waals surface area contributed by atoms with Gasteiger partial charge < -0.3 is 4.74 Å². The quantitative estimate of drug-likeness (QED) is 0.508. The molecule has 0 aromatic heterocycles. The molecule has 26 heavy (non-hydrogen) atoms. The van der Waals surface area contributed by atoms with E-state index in [4.69, 9.17) is 4.74 Å². The molecule has 2 aliphatic carbocycles. The maximum Gasteiger partial charge on any atom is 0.270 e. The zero-order valence-corrected chi connectivity index (χ0v) is 15.7. The van der Waals surface area contributed by atoms with Gasteiger partial charge in [-0.05, 0) is 80.8 Å². The van der Waals surface area contributed by atoms with Crippen LogP contribution < -0.4 is 4.74 Å². The summed E-state index contributed by atoms with van der Waals surface area (Å²) in [6.45, 7) is 4.21. The van der Waals surface area contributed by atoms with E-state index in [9.17, 15) is 13.2 Å². The second-order valence-electron chi connectivity index (χ2n) is 7.83. The predicted molar refractivity (Wildman–Crippen MR) is 98.3 cm³/mol. The maximum absolute atomic E-state index is 14.8. The van der Waals surface area contributed by atoms with Gasteiger partial charge >= 0.3 is 0 Å². The molecule has 1 aromatic carbocycles. The van der Waals surface area contributed by atoms with Gasteiger partial charge in [-0.2, -0.15) is 0 Å². The van der Waals surface area contributed by atoms with Crippen molar-refractivity contribution in [1.29, 1.82) is 0 Å². The highest BCUT2D eigenvalue weighted by molar-refractivity contribution is 5.41. The van der Waals surface area contributed by atoms with Crippen molar-refractivity contribution in [2.75, 3.05) is 6.61 Å². The van der Waals surface area contributed by atoms with Crippen molar-refractivity contribution < 1.29 is 17.9 Å². The first kappa shape index (κ1) is 19.3. The van der Waals surface area contributed by atoms with Crippen molar-refractivity contribution in [3.63, 3.8) is 0 Å². The Morgan fingerprint density at radius 1 is 1.04 bits per heavy atom. The Kier molecular flexibility index (Phi) is 6.31. The van der Waals surface area contributed by atoms with Gasteiger partial charge in [0, 0.05) is 0 Å². The van der Waals surface area contributed by atoms with Crippen LogP contribution in [0.2, 0.25) is 0 Å². The summed E-state index contributed by atoms with van der Waals surface area (Å²) in [6.07, 6.45) is 8.15. The highest BCUT2D eigenvalue weighted by atomic mass is 19.3. The van der Waals surface area contributed by atoms with Crippen molar-refractivity contribution in [1.82, 2.24) is 0 Å². The molecule has 0 saturated heterocycles. The molecule has 0 bridgehead atoms. The third-order valence-electron chi connectivity index (χ3n) is 6.15. The molecule has 4 heteroatoms. The number of hydrogen-bond donors (Lipinski definition) is 0. The summed E-state index contributed by atoms with van der Waals surface area (Å²) in [5.41, 5.74) is -0.134. The fraction of sp³-hybridized carbons (Fsp3) is 0.636. The van der Waals surface area contributed by atoms with Gasteiger partial charge in [-0.1, -0.05) is 25.1 Å². The van der Waals surface area contributed by atoms with E-state index in [-0.39, 0.29) is 18.3 Å². The third-order valence-corrected chi connectivity index (χ3v) is 6.15. The molecule has 0 heterocycles. The molecule has 2 aliphatic rings. The topological polar surface area (TPSA) is 9.23 Å². The standard InChI is InChI=1S/C22H29F3O/c1-3-26-19-13-12-18(21(23)20(19)22(24)25)17-10-8-16(9-11-17)15-6-4-14(2)5-7-15/h4,6,12-17,22H,3,5,7-11H2,1-2H3. The van der Waals surface area contributed by atoms with Gasteiger partial charge in [-0.3, -0.25) is 0 Å². The van der Waals surface area contributed by atoms with E-state index < -0.39 is 17.8 Å². The van der Waals surface area contributed by atoms with Crippen molar-refractivity contribution in [3.05, 3.63) is 41.2 Å². The van der Waals surface area contributed by atoms with Crippen LogP contribution in [0.3, 0.4) is 0 Å². The van der Waals surface area contributed by atoms with Crippen molar-refractivity contribution in [2.24, 2.45) is 17.8 Å². The molecule has 1 saturated carbocycles. The van der Waals surface area contributed by atoms with Gasteiger partial charge in [-0.25, -0.2) is 13.2 Å². The largest absolute Gasteiger partial charge is 0.493 e. The SMILES string of the molecule is CCOc1ccc(C2CCC(C3C=CC(C)CC3)CC2)c(F)c1C(F)F. The summed E-state index contributed by atoms with van der Waals surface area (Å²) >= 11 is 0. The summed E-state index contributed by atoms with van der Waals surface area (Å²) < 4.78 is 46.7. The molecule has 1 fully saturated rings. The Bertz CT molecular complexity index is 633. The van der Waals surface area contributed by atoms with E-state index in [0.717, 1.165) is 25.7 Å². The van der Waals surface area contributed by atoms with E-state index >= 15 is 0 Å². The van der Waals surface area contributed by atoms with Gasteiger partial charge in [0.1, 0.15) is 11.6 Å². The molecule has 1 aromatic rings. The fourth-order valence-corrected chi connectivity index (χ4v) is 4.62. The Labute approximate surface area is 154 Å². The van der Waals surface area contributed by atoms with Gasteiger partial charge in [0.05, 0.1) is 12.2 Å². The lowest BCUT2D eigenvalue weighted by atomic mass is 9.70. The molecular formula is C22H29F3O. The second kappa shape index (κ2) is 8.49. The third kappa shape index (κ3) is 4.10. The molecule has 2 unspecified atom stereocenters. The zero-order valence-electron chi connectivity index (χ0n) is 15.7. The lowest BCUT2D eigenvalue weighted by Gasteiger charge is -2.35. The maximum atomic E-state index is 14.8. The summed E-state index contributed by atoms with van der Waals surface area (Å²) in [6, 6.07) is 3.17. The first-order chi connectivity index (χ1) is 12.5. The molecule has 144 valence electrons. The zero-order chi connectivity index (χ0) is 18.7. The summed E-state index contributed by atoms with van der Waals surface area (Å²) in [4.78, 5) is 0. The monoisotopic (exact) mass is 366 g/mol. The number of benzene rings is 1. The minimum absolute atomic E-state index is 0.0288. The van der Waals surface area contributed by atoms with Crippen LogP contribution >= 0.6 is 0 Å². The molecule has 2 atom stereocenters. The highest BCUT2D eigenvalue weighted by Crippen LogP contribution is 2.44. The summed E-state index contributed by atoms with van der Waals surface area (Å²) in [7, 11) is 0. The minimum Gasteiger partial charge on any atom is -0.493 e. The van der Waals surface area contributed by atoms with Crippen LogP contribution in [0.5, 0.6) is 5.75 Å². The molecule has 1 nitrogen and oxygen atoms in total. The molecule has 0 radical (unpaired) electrons. The van der Waals surface area contributed by atoms with Crippen LogP contribution in [-0.2, 0) is 0 Å². The van der Waals surface area contributed by atoms with Crippen molar-refractivity contribution in [3.8, 4) is 5.75 Å². The second-order valence-corrected chi connectivity index (χ2v) is 7.83. The smallest absolute Gasteiger partial charge is 0.270 e. The molecular weight excluding hydrogens is 337 g/mol. The fourth-order valence-electron chi connectivity index (χ4n) is 4.62. The van der Waals surface area contributed by atoms with E-state index in [1.807, 2.05) is 0 Å². The summed E-state index contributed by atoms with van der Waals surface area (Å²) in [5, 5.41) is 0. The lowest BCUT2D eigenvalue weighted by Crippen LogP contribution is -2.22. The number of halogens is 3. The van der Waals surface area contributed by atoms with E-state index in [0.29, 0.717) is 23.3 Å². The number of rotatable bonds is 5. The Hall–Kier alpha value is -1.45. The molecule has 0 spiro atoms. The number of alkyl halides is 2. The lowest BCUT2D eigenvalue weighted by molar-refractivity contribution is 0.139. The number of ether oxygens (including phenoxy) is 1. The Morgan fingerprint density at radius 3 is 2.35 bits per heavy atom. The summed E-state index contributed by atoms with van der Waals surface area (Å²) in [5.74, 6) is 1.20.